The fourth-order valence-corrected chi connectivity index (χ4v) is 0. The van der Waals surface area contributed by atoms with Gasteiger partial charge in [0.15, 0.2) is 0 Å². The minimum atomic E-state index is -1.19. The second-order valence-electron chi connectivity index (χ2n) is 0.322. The van der Waals surface area contributed by atoms with Gasteiger partial charge in [-0.2, -0.15) is 0 Å². The van der Waals surface area contributed by atoms with Crippen molar-refractivity contribution in [3.63, 3.8) is 0 Å². The van der Waals surface area contributed by atoms with Crippen LogP contribution in [-0.2, 0) is 15.3 Å². The van der Waals surface area contributed by atoms with Crippen LogP contribution in [0.5, 0.6) is 0 Å². The molecule has 0 aliphatic carbocycles. The Morgan fingerprint density at radius 3 is 2.00 bits per heavy atom. The van der Waals surface area contributed by atoms with Crippen LogP contribution in [0.3, 0.4) is 0 Å². The normalized spacial score (nSPS) is 8.20. The van der Waals surface area contributed by atoms with Crippen molar-refractivity contribution >= 4 is 4.87 Å². The molecule has 0 aliphatic heterocycles. The summed E-state index contributed by atoms with van der Waals surface area (Å²) in [5, 5.41) is 7.47. The Labute approximate surface area is 35.1 Å². The summed E-state index contributed by atoms with van der Waals surface area (Å²) in [5.41, 5.74) is 0. The zero-order valence-electron chi connectivity index (χ0n) is 2.16. The Morgan fingerprint density at radius 2 is 2.00 bits per heavy atom. The zero-order valence-corrected chi connectivity index (χ0v) is 3.26. The van der Waals surface area contributed by atoms with E-state index in [1.165, 1.54) is 0 Å². The van der Waals surface area contributed by atoms with Gasteiger partial charge in [0.25, 0.3) is 0 Å². The summed E-state index contributed by atoms with van der Waals surface area (Å²) in [6.45, 7) is 0. The Balaban J connectivity index is 2.85. The van der Waals surface area contributed by atoms with Gasteiger partial charge in [0.2, 0.25) is 0 Å². The molecule has 3 nitrogen and oxygen atoms in total. The molecule has 0 unspecified atom stereocenters. The van der Waals surface area contributed by atoms with Gasteiger partial charge in [-0.1, -0.05) is 0 Å². The number of hydrogen-bond donors (Lipinski definition) is 2. The standard InChI is InChI=1S/CHO2.Fe.H2O/c2-1-3;;/h(H,2,3);;1H2/q;+1;/p-1. The van der Waals surface area contributed by atoms with Crippen molar-refractivity contribution in [1.29, 1.82) is 0 Å². The fourth-order valence-electron chi connectivity index (χ4n) is 0. The van der Waals surface area contributed by atoms with Gasteiger partial charge >= 0.3 is 34.2 Å². The number of rotatable bonds is 1. The number of carbonyl (C=O) groups is 1. The summed E-state index contributed by atoms with van der Waals surface area (Å²) in [7, 11) is 0. The van der Waals surface area contributed by atoms with Crippen molar-refractivity contribution in [3.8, 4) is 0 Å². The van der Waals surface area contributed by atoms with Gasteiger partial charge in [0, 0.05) is 0 Å². The van der Waals surface area contributed by atoms with Crippen LogP contribution in [0.25, 0.3) is 0 Å². The van der Waals surface area contributed by atoms with Crippen molar-refractivity contribution in [2.75, 3.05) is 0 Å². The Bertz CT molecular complexity index is 42.2. The van der Waals surface area contributed by atoms with E-state index in [-0.39, 0.29) is 0 Å². The molecule has 0 spiro atoms. The van der Waals surface area contributed by atoms with Crippen LogP contribution in [0.2, 0.25) is 0 Å². The summed E-state index contributed by atoms with van der Waals surface area (Å²) < 4.78 is 7.54. The molecule has 0 aliphatic rings. The molecule has 32 valence electrons. The predicted molar refractivity (Wildman–Crippen MR) is 10.2 cm³/mol. The first kappa shape index (κ1) is 4.95. The third-order valence-electron chi connectivity index (χ3n) is 0.0676. The quantitative estimate of drug-likeness (QED) is 0.462. The number of carboxylic acid groups (broad SMARTS) is 1. The summed E-state index contributed by atoms with van der Waals surface area (Å²) in [4.78, 5) is 7.93. The van der Waals surface area contributed by atoms with Gasteiger partial charge in [-0.05, 0) is 0 Å². The molecular weight excluding hydrogens is 116 g/mol. The Morgan fingerprint density at radius 1 is 1.80 bits per heavy atom. The fraction of sp³-hybridized carbons (Fsp3) is 0. The maximum atomic E-state index is 9.12. The van der Waals surface area contributed by atoms with E-state index in [2.05, 4.69) is 0 Å². The molecule has 2 N–H and O–H groups in total. The third kappa shape index (κ3) is 3.95. The van der Waals surface area contributed by atoms with Crippen LogP contribution in [0.1, 0.15) is 0 Å². The van der Waals surface area contributed by atoms with E-state index >= 15 is 0 Å². The molecule has 0 aromatic heterocycles. The van der Waals surface area contributed by atoms with Crippen molar-refractivity contribution in [1.82, 2.24) is 0 Å². The van der Waals surface area contributed by atoms with E-state index in [1.54, 1.807) is 0 Å². The molecule has 0 fully saturated rings. The average Bonchev–Trinajstić information content (AvgIpc) is 1.38. The molecular formula is CH2FeO3. The average molecular weight is 118 g/mol. The van der Waals surface area contributed by atoms with Crippen molar-refractivity contribution < 1.29 is 29.4 Å². The molecule has 0 atom stereocenters. The molecule has 0 saturated carbocycles. The van der Waals surface area contributed by atoms with Crippen LogP contribution in [0.15, 0.2) is 0 Å². The van der Waals surface area contributed by atoms with Crippen LogP contribution in [-0.4, -0.2) is 14.2 Å². The molecule has 0 heterocycles. The van der Waals surface area contributed by atoms with Crippen LogP contribution < -0.4 is 0 Å². The van der Waals surface area contributed by atoms with Crippen molar-refractivity contribution in [2.24, 2.45) is 0 Å². The third-order valence-corrected chi connectivity index (χ3v) is 0.279. The monoisotopic (exact) mass is 118 g/mol. The summed E-state index contributed by atoms with van der Waals surface area (Å²) in [6, 6.07) is 0. The van der Waals surface area contributed by atoms with Crippen molar-refractivity contribution in [2.45, 2.75) is 0 Å². The summed E-state index contributed by atoms with van der Waals surface area (Å²) in [6.07, 6.45) is 0. The second-order valence-corrected chi connectivity index (χ2v) is 1.04. The van der Waals surface area contributed by atoms with Gasteiger partial charge < -0.3 is 0 Å². The van der Waals surface area contributed by atoms with Gasteiger partial charge in [0.1, 0.15) is 0 Å². The Hall–Kier alpha value is -0.0505. The first-order valence-electron chi connectivity index (χ1n) is 0.763. The number of hydrogen-bond acceptors (Lipinski definition) is 2. The van der Waals surface area contributed by atoms with E-state index < -0.39 is 20.2 Å². The maximum absolute atomic E-state index is 9.12. The molecule has 0 amide bonds. The van der Waals surface area contributed by atoms with E-state index in [9.17, 15) is 0 Å². The molecule has 0 rings (SSSR count). The minimum absolute atomic E-state index is 0.778. The van der Waals surface area contributed by atoms with Crippen LogP contribution in [0, 0.1) is 0 Å². The second kappa shape index (κ2) is 2.20. The first-order valence-corrected chi connectivity index (χ1v) is 1.81. The summed E-state index contributed by atoms with van der Waals surface area (Å²) in [5.74, 6) is 0. The Kier molecular flexibility index (Phi) is 2.18. The van der Waals surface area contributed by atoms with Crippen molar-refractivity contribution in [3.05, 3.63) is 0 Å². The van der Waals surface area contributed by atoms with Gasteiger partial charge in [-0.15, -0.1) is 0 Å². The topological polar surface area (TPSA) is 57.5 Å². The zero-order chi connectivity index (χ0) is 4.28. The molecule has 5 heavy (non-hydrogen) atoms. The van der Waals surface area contributed by atoms with Gasteiger partial charge in [-0.25, -0.2) is 0 Å². The summed E-state index contributed by atoms with van der Waals surface area (Å²) >= 11 is -0.778. The van der Waals surface area contributed by atoms with Gasteiger partial charge in [-0.3, -0.25) is 0 Å². The van der Waals surface area contributed by atoms with Gasteiger partial charge in [0.05, 0.1) is 0 Å². The van der Waals surface area contributed by atoms with Crippen LogP contribution in [0.4, 0.5) is 4.79 Å². The van der Waals surface area contributed by atoms with Crippen LogP contribution >= 0.6 is 0 Å². The van der Waals surface area contributed by atoms with E-state index in [0.29, 0.717) is 0 Å². The molecule has 0 aromatic rings. The predicted octanol–water partition coefficient (Wildman–Crippen LogP) is -0.346. The first-order chi connectivity index (χ1) is 2.27. The molecule has 0 aromatic carbocycles. The molecule has 0 radical (unpaired) electrons. The SMILES string of the molecule is O=[C](O)[Fe][OH]. The van der Waals surface area contributed by atoms with E-state index in [4.69, 9.17) is 14.1 Å². The molecule has 4 heteroatoms. The molecule has 0 bridgehead atoms. The van der Waals surface area contributed by atoms with E-state index in [0.717, 1.165) is 0 Å². The molecule has 0 saturated heterocycles. The van der Waals surface area contributed by atoms with E-state index in [1.807, 2.05) is 0 Å².